The zero-order valence-electron chi connectivity index (χ0n) is 14.9. The fraction of sp³-hybridized carbons (Fsp3) is 0.588. The molecule has 1 aliphatic rings. The number of anilines is 1. The molecular weight excluding hydrogens is 342 g/mol. The molecule has 0 aromatic heterocycles. The molecule has 1 fully saturated rings. The van der Waals surface area contributed by atoms with Crippen molar-refractivity contribution >= 4 is 22.7 Å². The van der Waals surface area contributed by atoms with Gasteiger partial charge >= 0.3 is 0 Å². The molecule has 3 atom stereocenters. The lowest BCUT2D eigenvalue weighted by Gasteiger charge is -2.23. The van der Waals surface area contributed by atoms with Gasteiger partial charge in [0, 0.05) is 29.6 Å². The van der Waals surface area contributed by atoms with Gasteiger partial charge < -0.3 is 20.3 Å². The Bertz CT molecular complexity index is 653. The number of nitrogens with zero attached hydrogens (tertiary/aromatic N) is 1. The number of benzene rings is 1. The first-order chi connectivity index (χ1) is 11.9. The Morgan fingerprint density at radius 1 is 1.56 bits per heavy atom. The van der Waals surface area contributed by atoms with Crippen molar-refractivity contribution in [2.24, 2.45) is 0 Å². The number of hydrogen-bond donors (Lipinski definition) is 2. The second-order valence-electron chi connectivity index (χ2n) is 6.22. The molecule has 1 aliphatic heterocycles. The highest BCUT2D eigenvalue weighted by atomic mass is 32.2. The molecule has 1 saturated heterocycles. The Hall–Kier alpha value is -1.64. The van der Waals surface area contributed by atoms with Crippen molar-refractivity contribution in [3.63, 3.8) is 0 Å². The quantitative estimate of drug-likeness (QED) is 0.557. The largest absolute Gasteiger partial charge is 0.772 e. The van der Waals surface area contributed by atoms with Gasteiger partial charge in [-0.3, -0.25) is 13.9 Å². The van der Waals surface area contributed by atoms with Crippen LogP contribution in [0.3, 0.4) is 0 Å². The fourth-order valence-corrected chi connectivity index (χ4v) is 3.67. The number of carbonyl (C=O) groups is 1. The van der Waals surface area contributed by atoms with Crippen LogP contribution < -0.4 is 15.8 Å². The number of ether oxygens (including phenoxy) is 1. The maximum Gasteiger partial charge on any atom is 0.255 e. The number of likely N-dealkylation sites (N-methyl/N-ethyl adjacent to an activating group) is 1. The lowest BCUT2D eigenvalue weighted by Crippen LogP contribution is -2.40. The summed E-state index contributed by atoms with van der Waals surface area (Å²) in [4.78, 5) is 15.0. The van der Waals surface area contributed by atoms with Gasteiger partial charge in [-0.15, -0.1) is 0 Å². The van der Waals surface area contributed by atoms with E-state index in [2.05, 4.69) is 17.1 Å². The first-order valence-corrected chi connectivity index (χ1v) is 9.60. The van der Waals surface area contributed by atoms with E-state index in [1.807, 2.05) is 0 Å². The Morgan fingerprint density at radius 2 is 2.28 bits per heavy atom. The highest BCUT2D eigenvalue weighted by molar-refractivity contribution is 7.79. The zero-order valence-corrected chi connectivity index (χ0v) is 15.7. The van der Waals surface area contributed by atoms with Crippen LogP contribution in [-0.2, 0) is 11.1 Å². The Kier molecular flexibility index (Phi) is 6.80. The van der Waals surface area contributed by atoms with Crippen LogP contribution in [0.5, 0.6) is 5.75 Å². The maximum atomic E-state index is 12.6. The van der Waals surface area contributed by atoms with Crippen LogP contribution in [0.2, 0.25) is 0 Å². The molecule has 2 rings (SSSR count). The highest BCUT2D eigenvalue weighted by Crippen LogP contribution is 2.31. The van der Waals surface area contributed by atoms with E-state index in [1.54, 1.807) is 0 Å². The number of nitrogens with one attached hydrogen (secondary N) is 1. The predicted octanol–water partition coefficient (Wildman–Crippen LogP) is 1.43. The molecule has 0 spiro atoms. The molecular formula is C17H26N3O4S-. The van der Waals surface area contributed by atoms with E-state index >= 15 is 0 Å². The van der Waals surface area contributed by atoms with Gasteiger partial charge in [-0.2, -0.15) is 0 Å². The van der Waals surface area contributed by atoms with Gasteiger partial charge in [0.05, 0.1) is 12.7 Å². The summed E-state index contributed by atoms with van der Waals surface area (Å²) in [5, 5.41) is 2.14. The van der Waals surface area contributed by atoms with Crippen molar-refractivity contribution in [2.45, 2.75) is 38.0 Å². The van der Waals surface area contributed by atoms with Crippen molar-refractivity contribution in [3.05, 3.63) is 23.3 Å². The lowest BCUT2D eigenvalue weighted by molar-refractivity contribution is 0.0938. The average molecular weight is 368 g/mol. The molecule has 0 radical (unpaired) electrons. The summed E-state index contributed by atoms with van der Waals surface area (Å²) in [5.41, 5.74) is 6.91. The SMILES string of the molecule is CCN1CCC[C@@H]1CNC(=O)c1cc([C@@H](C)S(=O)[O-])c(N)cc1OC. The molecule has 1 amide bonds. The van der Waals surface area contributed by atoms with Crippen molar-refractivity contribution in [3.8, 4) is 5.75 Å². The standard InChI is InChI=1S/C17H27N3O4S/c1-4-20-7-5-6-12(20)10-19-17(21)14-8-13(11(2)25(22)23)15(18)9-16(14)24-3/h8-9,11-12H,4-7,10,18H2,1-3H3,(H,19,21)(H,22,23)/p-1/t11-,12-/m1/s1. The summed E-state index contributed by atoms with van der Waals surface area (Å²) >= 11 is -2.32. The average Bonchev–Trinajstić information content (AvgIpc) is 3.06. The molecule has 0 bridgehead atoms. The number of amides is 1. The van der Waals surface area contributed by atoms with Gasteiger partial charge in [0.2, 0.25) is 0 Å². The summed E-state index contributed by atoms with van der Waals surface area (Å²) in [6, 6.07) is 3.35. The molecule has 25 heavy (non-hydrogen) atoms. The number of nitrogen functional groups attached to an aromatic ring is 1. The second-order valence-corrected chi connectivity index (χ2v) is 7.45. The van der Waals surface area contributed by atoms with E-state index in [0.717, 1.165) is 25.9 Å². The van der Waals surface area contributed by atoms with Crippen LogP contribution in [0.1, 0.15) is 47.9 Å². The molecule has 0 saturated carbocycles. The molecule has 1 unspecified atom stereocenters. The minimum absolute atomic E-state index is 0.287. The van der Waals surface area contributed by atoms with Crippen LogP contribution in [0.15, 0.2) is 12.1 Å². The van der Waals surface area contributed by atoms with Crippen LogP contribution in [0.4, 0.5) is 5.69 Å². The monoisotopic (exact) mass is 368 g/mol. The molecule has 1 heterocycles. The van der Waals surface area contributed by atoms with Gasteiger partial charge in [-0.25, -0.2) is 0 Å². The third kappa shape index (κ3) is 4.50. The Labute approximate surface area is 151 Å². The smallest absolute Gasteiger partial charge is 0.255 e. The van der Waals surface area contributed by atoms with Gasteiger partial charge in [-0.1, -0.05) is 6.92 Å². The van der Waals surface area contributed by atoms with Crippen LogP contribution in [0.25, 0.3) is 0 Å². The molecule has 1 aromatic carbocycles. The van der Waals surface area contributed by atoms with Crippen LogP contribution in [0, 0.1) is 0 Å². The first kappa shape index (κ1) is 19.7. The fourth-order valence-electron chi connectivity index (χ4n) is 3.26. The second kappa shape index (κ2) is 8.64. The topological polar surface area (TPSA) is 108 Å². The number of hydrogen-bond acceptors (Lipinski definition) is 6. The molecule has 1 aromatic rings. The highest BCUT2D eigenvalue weighted by Gasteiger charge is 2.24. The third-order valence-electron chi connectivity index (χ3n) is 4.78. The van der Waals surface area contributed by atoms with Gasteiger partial charge in [-0.05, 0) is 55.6 Å². The molecule has 8 heteroatoms. The van der Waals surface area contributed by atoms with E-state index in [0.29, 0.717) is 29.5 Å². The van der Waals surface area contributed by atoms with E-state index < -0.39 is 16.3 Å². The number of nitrogens with two attached hydrogens (primary N) is 1. The summed E-state index contributed by atoms with van der Waals surface area (Å²) in [7, 11) is 1.45. The van der Waals surface area contributed by atoms with Crippen LogP contribution in [-0.4, -0.2) is 52.4 Å². The van der Waals surface area contributed by atoms with Crippen molar-refractivity contribution in [1.29, 1.82) is 0 Å². The predicted molar refractivity (Wildman–Crippen MR) is 97.3 cm³/mol. The van der Waals surface area contributed by atoms with E-state index in [9.17, 15) is 13.6 Å². The Balaban J connectivity index is 2.19. The molecule has 0 aliphatic carbocycles. The third-order valence-corrected chi connectivity index (χ3v) is 5.61. The molecule has 3 N–H and O–H groups in total. The van der Waals surface area contributed by atoms with Crippen LogP contribution >= 0.6 is 0 Å². The maximum absolute atomic E-state index is 12.6. The zero-order chi connectivity index (χ0) is 18.6. The summed E-state index contributed by atoms with van der Waals surface area (Å²) < 4.78 is 27.8. The number of rotatable bonds is 7. The van der Waals surface area contributed by atoms with Gasteiger partial charge in [0.15, 0.2) is 0 Å². The number of carbonyl (C=O) groups excluding carboxylic acids is 1. The van der Waals surface area contributed by atoms with Crippen molar-refractivity contribution in [2.75, 3.05) is 32.5 Å². The van der Waals surface area contributed by atoms with E-state index in [1.165, 1.54) is 26.2 Å². The van der Waals surface area contributed by atoms with E-state index in [-0.39, 0.29) is 11.6 Å². The summed E-state index contributed by atoms with van der Waals surface area (Å²) in [6.45, 7) is 6.21. The normalized spacial score (nSPS) is 20.2. The lowest BCUT2D eigenvalue weighted by atomic mass is 10.0. The first-order valence-electron chi connectivity index (χ1n) is 8.46. The number of methoxy groups -OCH3 is 1. The van der Waals surface area contributed by atoms with E-state index in [4.69, 9.17) is 10.5 Å². The number of likely N-dealkylation sites (tertiary alicyclic amines) is 1. The van der Waals surface area contributed by atoms with Gasteiger partial charge in [0.25, 0.3) is 5.91 Å². The summed E-state index contributed by atoms with van der Waals surface area (Å²) in [6.07, 6.45) is 2.20. The van der Waals surface area contributed by atoms with Gasteiger partial charge in [0.1, 0.15) is 5.75 Å². The van der Waals surface area contributed by atoms with Crippen molar-refractivity contribution < 1.29 is 18.3 Å². The summed E-state index contributed by atoms with van der Waals surface area (Å²) in [5.74, 6) is 0.0475. The molecule has 7 nitrogen and oxygen atoms in total. The minimum atomic E-state index is -2.32. The molecule has 140 valence electrons. The minimum Gasteiger partial charge on any atom is -0.772 e. The Morgan fingerprint density at radius 3 is 2.88 bits per heavy atom. The van der Waals surface area contributed by atoms with Crippen molar-refractivity contribution in [1.82, 2.24) is 10.2 Å².